The van der Waals surface area contributed by atoms with Gasteiger partial charge in [0, 0.05) is 32.1 Å². The second kappa shape index (κ2) is 9.30. The molecular weight excluding hydrogens is 228 g/mol. The van der Waals surface area contributed by atoms with Crippen molar-refractivity contribution in [1.82, 2.24) is 15.2 Å². The molecule has 0 spiro atoms. The van der Waals surface area contributed by atoms with Crippen LogP contribution in [0.5, 0.6) is 0 Å². The first-order chi connectivity index (χ1) is 8.36. The van der Waals surface area contributed by atoms with Crippen molar-refractivity contribution in [1.29, 1.82) is 0 Å². The molecule has 0 aromatic heterocycles. The predicted octanol–water partition coefficient (Wildman–Crippen LogP) is 0.665. The lowest BCUT2D eigenvalue weighted by molar-refractivity contribution is -0.121. The van der Waals surface area contributed by atoms with E-state index in [0.29, 0.717) is 18.4 Å². The standard InChI is InChI=1S/C13H30N4O/c1-11(2)10-17(9-8-16(4)5)12(3)6-7-13(18)15-14/h11-12H,6-10,14H2,1-5H3,(H,15,18). The van der Waals surface area contributed by atoms with Crippen LogP contribution in [0.2, 0.25) is 0 Å². The number of carbonyl (C=O) groups excluding carboxylic acids is 1. The Morgan fingerprint density at radius 3 is 2.28 bits per heavy atom. The van der Waals surface area contributed by atoms with Crippen LogP contribution in [-0.4, -0.2) is 55.5 Å². The summed E-state index contributed by atoms with van der Waals surface area (Å²) in [6.45, 7) is 9.78. The molecule has 5 nitrogen and oxygen atoms in total. The molecule has 1 amide bonds. The molecular formula is C13H30N4O. The summed E-state index contributed by atoms with van der Waals surface area (Å²) in [5.41, 5.74) is 2.18. The summed E-state index contributed by atoms with van der Waals surface area (Å²) in [5.74, 6) is 5.65. The Hall–Kier alpha value is -0.650. The van der Waals surface area contributed by atoms with Crippen molar-refractivity contribution in [2.24, 2.45) is 11.8 Å². The SMILES string of the molecule is CC(C)CN(CCN(C)C)C(C)CCC(=O)NN. The van der Waals surface area contributed by atoms with Gasteiger partial charge in [0.05, 0.1) is 0 Å². The second-order valence-electron chi connectivity index (χ2n) is 5.65. The lowest BCUT2D eigenvalue weighted by Gasteiger charge is -2.31. The van der Waals surface area contributed by atoms with Gasteiger partial charge in [0.25, 0.3) is 0 Å². The Balaban J connectivity index is 4.20. The molecule has 3 N–H and O–H groups in total. The fourth-order valence-electron chi connectivity index (χ4n) is 1.88. The third kappa shape index (κ3) is 8.44. The van der Waals surface area contributed by atoms with Gasteiger partial charge in [-0.2, -0.15) is 0 Å². The van der Waals surface area contributed by atoms with Crippen molar-refractivity contribution >= 4 is 5.91 Å². The van der Waals surface area contributed by atoms with Crippen molar-refractivity contribution in [3.63, 3.8) is 0 Å². The molecule has 108 valence electrons. The van der Waals surface area contributed by atoms with Gasteiger partial charge in [-0.25, -0.2) is 5.84 Å². The summed E-state index contributed by atoms with van der Waals surface area (Å²) >= 11 is 0. The highest BCUT2D eigenvalue weighted by Gasteiger charge is 2.16. The van der Waals surface area contributed by atoms with Crippen LogP contribution in [-0.2, 0) is 4.79 Å². The molecule has 0 saturated heterocycles. The number of hydrogen-bond acceptors (Lipinski definition) is 4. The molecule has 0 saturated carbocycles. The fraction of sp³-hybridized carbons (Fsp3) is 0.923. The second-order valence-corrected chi connectivity index (χ2v) is 5.65. The van der Waals surface area contributed by atoms with Gasteiger partial charge in [0.15, 0.2) is 0 Å². The molecule has 0 aromatic carbocycles. The van der Waals surface area contributed by atoms with Gasteiger partial charge in [-0.05, 0) is 33.4 Å². The topological polar surface area (TPSA) is 61.6 Å². The number of nitrogens with one attached hydrogen (secondary N) is 1. The number of nitrogens with two attached hydrogens (primary N) is 1. The van der Waals surface area contributed by atoms with Crippen LogP contribution in [0.4, 0.5) is 0 Å². The Labute approximate surface area is 112 Å². The van der Waals surface area contributed by atoms with Gasteiger partial charge in [-0.3, -0.25) is 15.1 Å². The molecule has 0 radical (unpaired) electrons. The van der Waals surface area contributed by atoms with Gasteiger partial charge in [0.1, 0.15) is 0 Å². The number of rotatable bonds is 9. The number of carbonyl (C=O) groups is 1. The first-order valence-corrected chi connectivity index (χ1v) is 6.75. The van der Waals surface area contributed by atoms with Gasteiger partial charge in [-0.1, -0.05) is 13.8 Å². The largest absolute Gasteiger partial charge is 0.308 e. The maximum Gasteiger partial charge on any atom is 0.233 e. The summed E-state index contributed by atoms with van der Waals surface area (Å²) < 4.78 is 0. The molecule has 0 heterocycles. The highest BCUT2D eigenvalue weighted by atomic mass is 16.2. The van der Waals surface area contributed by atoms with E-state index in [4.69, 9.17) is 5.84 Å². The molecule has 0 aliphatic rings. The maximum absolute atomic E-state index is 11.2. The molecule has 0 aliphatic carbocycles. The smallest absolute Gasteiger partial charge is 0.233 e. The van der Waals surface area contributed by atoms with Gasteiger partial charge in [-0.15, -0.1) is 0 Å². The Morgan fingerprint density at radius 2 is 1.83 bits per heavy atom. The average Bonchev–Trinajstić information content (AvgIpc) is 2.30. The average molecular weight is 258 g/mol. The van der Waals surface area contributed by atoms with Crippen molar-refractivity contribution < 1.29 is 4.79 Å². The minimum Gasteiger partial charge on any atom is -0.308 e. The van der Waals surface area contributed by atoms with Crippen molar-refractivity contribution in [3.8, 4) is 0 Å². The molecule has 1 atom stereocenters. The zero-order valence-corrected chi connectivity index (χ0v) is 12.6. The highest BCUT2D eigenvalue weighted by Crippen LogP contribution is 2.09. The van der Waals surface area contributed by atoms with Gasteiger partial charge < -0.3 is 4.90 Å². The van der Waals surface area contributed by atoms with E-state index in [1.54, 1.807) is 0 Å². The minimum absolute atomic E-state index is 0.0843. The van der Waals surface area contributed by atoms with Crippen LogP contribution in [0.15, 0.2) is 0 Å². The maximum atomic E-state index is 11.2. The number of nitrogens with zero attached hydrogens (tertiary/aromatic N) is 2. The molecule has 0 fully saturated rings. The predicted molar refractivity (Wildman–Crippen MR) is 76.0 cm³/mol. The Bertz CT molecular complexity index is 231. The number of hydrogen-bond donors (Lipinski definition) is 2. The van der Waals surface area contributed by atoms with E-state index < -0.39 is 0 Å². The van der Waals surface area contributed by atoms with Crippen molar-refractivity contribution in [2.45, 2.75) is 39.7 Å². The quantitative estimate of drug-likeness (QED) is 0.362. The van der Waals surface area contributed by atoms with E-state index in [2.05, 4.69) is 50.1 Å². The van der Waals surface area contributed by atoms with Crippen LogP contribution >= 0.6 is 0 Å². The summed E-state index contributed by atoms with van der Waals surface area (Å²) in [4.78, 5) is 15.8. The van der Waals surface area contributed by atoms with Crippen LogP contribution in [0.3, 0.4) is 0 Å². The molecule has 18 heavy (non-hydrogen) atoms. The molecule has 0 aliphatic heterocycles. The third-order valence-electron chi connectivity index (χ3n) is 3.01. The van der Waals surface area contributed by atoms with Crippen molar-refractivity contribution in [2.75, 3.05) is 33.7 Å². The number of amides is 1. The van der Waals surface area contributed by atoms with Crippen LogP contribution in [0, 0.1) is 5.92 Å². The van der Waals surface area contributed by atoms with Gasteiger partial charge in [0.2, 0.25) is 5.91 Å². The van der Waals surface area contributed by atoms with Gasteiger partial charge >= 0.3 is 0 Å². The zero-order valence-electron chi connectivity index (χ0n) is 12.6. The molecule has 0 bridgehead atoms. The normalized spacial score (nSPS) is 13.4. The van der Waals surface area contributed by atoms with Crippen LogP contribution in [0.1, 0.15) is 33.6 Å². The van der Waals surface area contributed by atoms with E-state index in [1.807, 2.05) is 0 Å². The zero-order chi connectivity index (χ0) is 14.1. The first-order valence-electron chi connectivity index (χ1n) is 6.75. The monoisotopic (exact) mass is 258 g/mol. The number of hydrazine groups is 1. The fourth-order valence-corrected chi connectivity index (χ4v) is 1.88. The molecule has 0 aromatic rings. The van der Waals surface area contributed by atoms with E-state index in [-0.39, 0.29) is 5.91 Å². The lowest BCUT2D eigenvalue weighted by atomic mass is 10.1. The van der Waals surface area contributed by atoms with E-state index in [0.717, 1.165) is 26.1 Å². The van der Waals surface area contributed by atoms with E-state index >= 15 is 0 Å². The summed E-state index contributed by atoms with van der Waals surface area (Å²) in [7, 11) is 4.17. The molecule has 5 heteroatoms. The van der Waals surface area contributed by atoms with Crippen LogP contribution in [0.25, 0.3) is 0 Å². The van der Waals surface area contributed by atoms with Crippen LogP contribution < -0.4 is 11.3 Å². The summed E-state index contributed by atoms with van der Waals surface area (Å²) in [6, 6.07) is 0.407. The number of likely N-dealkylation sites (N-methyl/N-ethyl adjacent to an activating group) is 1. The summed E-state index contributed by atoms with van der Waals surface area (Å²) in [5, 5.41) is 0. The summed E-state index contributed by atoms with van der Waals surface area (Å²) in [6.07, 6.45) is 1.34. The minimum atomic E-state index is -0.0843. The van der Waals surface area contributed by atoms with E-state index in [1.165, 1.54) is 0 Å². The van der Waals surface area contributed by atoms with Crippen molar-refractivity contribution in [3.05, 3.63) is 0 Å². The highest BCUT2D eigenvalue weighted by molar-refractivity contribution is 5.75. The Kier molecular flexibility index (Phi) is 8.97. The first kappa shape index (κ1) is 17.4. The third-order valence-corrected chi connectivity index (χ3v) is 3.01. The molecule has 0 rings (SSSR count). The Morgan fingerprint density at radius 1 is 1.22 bits per heavy atom. The molecule has 1 unspecified atom stereocenters. The van der Waals surface area contributed by atoms with E-state index in [9.17, 15) is 4.79 Å². The lowest BCUT2D eigenvalue weighted by Crippen LogP contribution is -2.41.